The second-order valence-corrected chi connectivity index (χ2v) is 8.84. The van der Waals surface area contributed by atoms with E-state index >= 15 is 0 Å². The normalized spacial score (nSPS) is 17.2. The molecule has 1 fully saturated rings. The maximum absolute atomic E-state index is 5.47. The lowest BCUT2D eigenvalue weighted by atomic mass is 9.88. The van der Waals surface area contributed by atoms with E-state index in [4.69, 9.17) is 19.4 Å². The van der Waals surface area contributed by atoms with Gasteiger partial charge in [-0.25, -0.2) is 9.97 Å². The third-order valence-corrected chi connectivity index (χ3v) is 6.79. The van der Waals surface area contributed by atoms with Gasteiger partial charge in [0.2, 0.25) is 0 Å². The van der Waals surface area contributed by atoms with Crippen molar-refractivity contribution in [2.45, 2.75) is 57.5 Å². The van der Waals surface area contributed by atoms with Crippen LogP contribution in [-0.2, 0) is 19.5 Å². The lowest BCUT2D eigenvalue weighted by Crippen LogP contribution is -2.31. The Hall–Kier alpha value is -2.93. The largest absolute Gasteiger partial charge is 0.493 e. The number of nitrogens with zero attached hydrogens (tertiary/aromatic N) is 4. The molecule has 3 heterocycles. The monoisotopic (exact) mass is 433 g/mol. The minimum absolute atomic E-state index is 0.557. The van der Waals surface area contributed by atoms with Crippen LogP contribution in [0.4, 0.5) is 0 Å². The molecule has 0 atom stereocenters. The van der Waals surface area contributed by atoms with E-state index in [-0.39, 0.29) is 0 Å². The molecule has 0 saturated heterocycles. The third-order valence-electron chi connectivity index (χ3n) is 6.79. The molecule has 3 aromatic rings. The molecule has 0 bridgehead atoms. The van der Waals surface area contributed by atoms with Gasteiger partial charge in [0.1, 0.15) is 5.82 Å². The number of rotatable bonds is 6. The number of H-pyrrole nitrogens is 1. The Morgan fingerprint density at radius 3 is 2.72 bits per heavy atom. The van der Waals surface area contributed by atoms with E-state index in [1.165, 1.54) is 48.9 Å². The molecule has 32 heavy (non-hydrogen) atoms. The van der Waals surface area contributed by atoms with Gasteiger partial charge in [-0.3, -0.25) is 10.00 Å². The SMILES string of the molecule is COc1ccc(-c2[nH]ncc2CN2CCc3nc(C4CCCCC4)ncc3C2)cc1OC. The maximum Gasteiger partial charge on any atom is 0.161 e. The average molecular weight is 434 g/mol. The molecule has 1 aliphatic heterocycles. The number of methoxy groups -OCH3 is 2. The van der Waals surface area contributed by atoms with E-state index in [1.807, 2.05) is 24.4 Å². The van der Waals surface area contributed by atoms with Crippen LogP contribution in [0.1, 0.15) is 60.7 Å². The van der Waals surface area contributed by atoms with Gasteiger partial charge in [-0.15, -0.1) is 0 Å². The van der Waals surface area contributed by atoms with Gasteiger partial charge in [0.25, 0.3) is 0 Å². The summed E-state index contributed by atoms with van der Waals surface area (Å²) in [5.74, 6) is 3.06. The number of hydrogen-bond donors (Lipinski definition) is 1. The highest BCUT2D eigenvalue weighted by molar-refractivity contribution is 5.66. The highest BCUT2D eigenvalue weighted by Crippen LogP contribution is 2.34. The first kappa shape index (κ1) is 20.9. The second kappa shape index (κ2) is 9.28. The molecule has 5 rings (SSSR count). The maximum atomic E-state index is 5.47. The van der Waals surface area contributed by atoms with Crippen molar-refractivity contribution < 1.29 is 9.47 Å². The predicted molar refractivity (Wildman–Crippen MR) is 123 cm³/mol. The molecule has 1 saturated carbocycles. The molecule has 0 radical (unpaired) electrons. The first-order chi connectivity index (χ1) is 15.7. The zero-order valence-corrected chi connectivity index (χ0v) is 18.9. The Bertz CT molecular complexity index is 1070. The highest BCUT2D eigenvalue weighted by atomic mass is 16.5. The summed E-state index contributed by atoms with van der Waals surface area (Å²) in [6.07, 6.45) is 11.4. The van der Waals surface area contributed by atoms with Crippen molar-refractivity contribution in [2.24, 2.45) is 0 Å². The Morgan fingerprint density at radius 2 is 1.91 bits per heavy atom. The number of fused-ring (bicyclic) bond motifs is 1. The van der Waals surface area contributed by atoms with Gasteiger partial charge >= 0.3 is 0 Å². The van der Waals surface area contributed by atoms with Crippen LogP contribution in [0.3, 0.4) is 0 Å². The van der Waals surface area contributed by atoms with E-state index in [0.717, 1.165) is 48.9 Å². The van der Waals surface area contributed by atoms with Gasteiger partial charge in [-0.1, -0.05) is 19.3 Å². The molecular weight excluding hydrogens is 402 g/mol. The highest BCUT2D eigenvalue weighted by Gasteiger charge is 2.23. The Kier molecular flexibility index (Phi) is 6.08. The van der Waals surface area contributed by atoms with Crippen LogP contribution in [0.15, 0.2) is 30.6 Å². The van der Waals surface area contributed by atoms with E-state index in [9.17, 15) is 0 Å². The van der Waals surface area contributed by atoms with Crippen molar-refractivity contribution >= 4 is 0 Å². The summed E-state index contributed by atoms with van der Waals surface area (Å²) in [6.45, 7) is 2.69. The third kappa shape index (κ3) is 4.21. The van der Waals surface area contributed by atoms with Crippen LogP contribution < -0.4 is 9.47 Å². The van der Waals surface area contributed by atoms with Crippen molar-refractivity contribution in [1.82, 2.24) is 25.1 Å². The number of aromatic amines is 1. The number of benzene rings is 1. The molecule has 2 aromatic heterocycles. The van der Waals surface area contributed by atoms with Gasteiger partial charge in [-0.2, -0.15) is 5.10 Å². The van der Waals surface area contributed by atoms with Gasteiger partial charge in [0.15, 0.2) is 11.5 Å². The fourth-order valence-corrected chi connectivity index (χ4v) is 5.00. The first-order valence-corrected chi connectivity index (χ1v) is 11.6. The van der Waals surface area contributed by atoms with Crippen molar-refractivity contribution in [2.75, 3.05) is 20.8 Å². The Morgan fingerprint density at radius 1 is 1.06 bits per heavy atom. The second-order valence-electron chi connectivity index (χ2n) is 8.84. The zero-order chi connectivity index (χ0) is 21.9. The smallest absolute Gasteiger partial charge is 0.161 e. The lowest BCUT2D eigenvalue weighted by molar-refractivity contribution is 0.242. The molecular formula is C25H31N5O2. The molecule has 168 valence electrons. The topological polar surface area (TPSA) is 76.2 Å². The fraction of sp³-hybridized carbons (Fsp3) is 0.480. The molecule has 2 aliphatic rings. The molecule has 7 nitrogen and oxygen atoms in total. The van der Waals surface area contributed by atoms with E-state index in [0.29, 0.717) is 11.7 Å². The predicted octanol–water partition coefficient (Wildman–Crippen LogP) is 4.49. The number of hydrogen-bond acceptors (Lipinski definition) is 6. The summed E-state index contributed by atoms with van der Waals surface area (Å²) in [5.41, 5.74) is 5.71. The van der Waals surface area contributed by atoms with E-state index in [1.54, 1.807) is 14.2 Å². The van der Waals surface area contributed by atoms with Crippen LogP contribution in [0.5, 0.6) is 11.5 Å². The van der Waals surface area contributed by atoms with Gasteiger partial charge < -0.3 is 9.47 Å². The van der Waals surface area contributed by atoms with E-state index < -0.39 is 0 Å². The molecule has 1 aliphatic carbocycles. The number of ether oxygens (including phenoxy) is 2. The zero-order valence-electron chi connectivity index (χ0n) is 18.9. The van der Waals surface area contributed by atoms with Crippen LogP contribution in [0, 0.1) is 0 Å². The summed E-state index contributed by atoms with van der Waals surface area (Å²) >= 11 is 0. The molecule has 1 aromatic carbocycles. The Labute approximate surface area is 189 Å². The van der Waals surface area contributed by atoms with Crippen LogP contribution in [-0.4, -0.2) is 45.8 Å². The summed E-state index contributed by atoms with van der Waals surface area (Å²) in [5, 5.41) is 7.49. The first-order valence-electron chi connectivity index (χ1n) is 11.6. The minimum Gasteiger partial charge on any atom is -0.493 e. The standard InChI is InChI=1S/C25H31N5O2/c1-31-22-9-8-18(12-23(22)32-2)24-20(14-27-29-24)16-30-11-10-21-19(15-30)13-26-25(28-21)17-6-4-3-5-7-17/h8-9,12-14,17H,3-7,10-11,15-16H2,1-2H3,(H,27,29). The summed E-state index contributed by atoms with van der Waals surface area (Å²) in [7, 11) is 3.30. The average Bonchev–Trinajstić information content (AvgIpc) is 3.31. The summed E-state index contributed by atoms with van der Waals surface area (Å²) in [6, 6.07) is 5.95. The molecule has 0 unspecified atom stereocenters. The number of nitrogens with one attached hydrogen (secondary N) is 1. The lowest BCUT2D eigenvalue weighted by Gasteiger charge is -2.29. The molecule has 7 heteroatoms. The minimum atomic E-state index is 0.557. The van der Waals surface area contributed by atoms with E-state index in [2.05, 4.69) is 21.3 Å². The fourth-order valence-electron chi connectivity index (χ4n) is 5.00. The van der Waals surface area contributed by atoms with Crippen molar-refractivity contribution in [1.29, 1.82) is 0 Å². The quantitative estimate of drug-likeness (QED) is 0.617. The van der Waals surface area contributed by atoms with Gasteiger partial charge in [-0.05, 0) is 31.0 Å². The van der Waals surface area contributed by atoms with Crippen LogP contribution in [0.2, 0.25) is 0 Å². The van der Waals surface area contributed by atoms with Crippen molar-refractivity contribution in [3.63, 3.8) is 0 Å². The molecule has 0 amide bonds. The summed E-state index contributed by atoms with van der Waals surface area (Å²) < 4.78 is 10.8. The number of aromatic nitrogens is 4. The Balaban J connectivity index is 1.30. The van der Waals surface area contributed by atoms with Crippen LogP contribution >= 0.6 is 0 Å². The molecule has 0 spiro atoms. The van der Waals surface area contributed by atoms with Crippen molar-refractivity contribution in [3.05, 3.63) is 53.2 Å². The van der Waals surface area contributed by atoms with Crippen molar-refractivity contribution in [3.8, 4) is 22.8 Å². The molecule has 1 N–H and O–H groups in total. The van der Waals surface area contributed by atoms with Gasteiger partial charge in [0, 0.05) is 60.6 Å². The van der Waals surface area contributed by atoms with Crippen LogP contribution in [0.25, 0.3) is 11.3 Å². The van der Waals surface area contributed by atoms with Gasteiger partial charge in [0.05, 0.1) is 26.1 Å². The summed E-state index contributed by atoms with van der Waals surface area (Å²) in [4.78, 5) is 12.2.